The van der Waals surface area contributed by atoms with Gasteiger partial charge in [0.05, 0.1) is 18.4 Å². The predicted octanol–water partition coefficient (Wildman–Crippen LogP) is 0.647. The number of hydrogen-bond acceptors (Lipinski definition) is 5. The van der Waals surface area contributed by atoms with Gasteiger partial charge in [-0.1, -0.05) is 11.6 Å². The molecule has 0 amide bonds. The van der Waals surface area contributed by atoms with E-state index in [1.54, 1.807) is 6.20 Å². The summed E-state index contributed by atoms with van der Waals surface area (Å²) >= 11 is 6.33. The Labute approximate surface area is 130 Å². The number of anilines is 1. The number of piperazine rings is 1. The molecule has 1 aromatic heterocycles. The summed E-state index contributed by atoms with van der Waals surface area (Å²) in [6.07, 6.45) is 1.71. The van der Waals surface area contributed by atoms with Crippen molar-refractivity contribution in [3.63, 3.8) is 0 Å². The maximum atomic E-state index is 12.4. The van der Waals surface area contributed by atoms with Gasteiger partial charge in [-0.15, -0.1) is 0 Å². The van der Waals surface area contributed by atoms with Crippen LogP contribution in [0.25, 0.3) is 0 Å². The molecular weight excluding hydrogens is 290 g/mol. The van der Waals surface area contributed by atoms with Crippen molar-refractivity contribution in [3.8, 4) is 0 Å². The summed E-state index contributed by atoms with van der Waals surface area (Å²) in [6.45, 7) is 8.10. The van der Waals surface area contributed by atoms with E-state index in [0.717, 1.165) is 31.9 Å². The maximum Gasteiger partial charge on any atom is 0.287 e. The molecule has 0 saturated carbocycles. The molecule has 7 heteroatoms. The molecule has 1 aliphatic heterocycles. The highest BCUT2D eigenvalue weighted by Crippen LogP contribution is 2.28. The summed E-state index contributed by atoms with van der Waals surface area (Å²) in [5.74, 6) is 0. The first kappa shape index (κ1) is 16.3. The summed E-state index contributed by atoms with van der Waals surface area (Å²) in [7, 11) is 3.93. The van der Waals surface area contributed by atoms with Gasteiger partial charge < -0.3 is 15.1 Å². The van der Waals surface area contributed by atoms with Crippen LogP contribution >= 0.6 is 11.6 Å². The van der Waals surface area contributed by atoms with Gasteiger partial charge in [-0.3, -0.25) is 4.79 Å². The van der Waals surface area contributed by atoms with Gasteiger partial charge in [0.2, 0.25) is 0 Å². The minimum atomic E-state index is -0.217. The molecule has 2 heterocycles. The second-order valence-electron chi connectivity index (χ2n) is 6.32. The number of halogens is 1. The van der Waals surface area contributed by atoms with Gasteiger partial charge in [0.15, 0.2) is 0 Å². The third-order valence-corrected chi connectivity index (χ3v) is 4.17. The van der Waals surface area contributed by atoms with E-state index in [1.165, 1.54) is 4.68 Å². The Morgan fingerprint density at radius 2 is 2.19 bits per heavy atom. The summed E-state index contributed by atoms with van der Waals surface area (Å²) < 4.78 is 1.43. The second-order valence-corrected chi connectivity index (χ2v) is 6.69. The van der Waals surface area contributed by atoms with Gasteiger partial charge in [0.25, 0.3) is 5.56 Å². The van der Waals surface area contributed by atoms with Crippen molar-refractivity contribution in [1.82, 2.24) is 20.0 Å². The van der Waals surface area contributed by atoms with E-state index >= 15 is 0 Å². The summed E-state index contributed by atoms with van der Waals surface area (Å²) in [5.41, 5.74) is 0.422. The molecule has 2 rings (SSSR count). The lowest BCUT2D eigenvalue weighted by atomic mass is 9.99. The van der Waals surface area contributed by atoms with Crippen molar-refractivity contribution in [3.05, 3.63) is 21.6 Å². The fourth-order valence-electron chi connectivity index (χ4n) is 2.53. The van der Waals surface area contributed by atoms with Crippen molar-refractivity contribution < 1.29 is 0 Å². The van der Waals surface area contributed by atoms with Crippen molar-refractivity contribution in [2.24, 2.45) is 0 Å². The average Bonchev–Trinajstić information content (AvgIpc) is 2.41. The zero-order valence-corrected chi connectivity index (χ0v) is 13.9. The van der Waals surface area contributed by atoms with Crippen LogP contribution in [0.3, 0.4) is 0 Å². The number of hydrogen-bond donors (Lipinski definition) is 1. The van der Waals surface area contributed by atoms with Crippen LogP contribution in [-0.2, 0) is 6.54 Å². The van der Waals surface area contributed by atoms with Gasteiger partial charge in [-0.2, -0.15) is 5.10 Å². The Balaban J connectivity index is 2.30. The molecule has 1 aromatic rings. The fraction of sp³-hybridized carbons (Fsp3) is 0.714. The highest BCUT2D eigenvalue weighted by atomic mass is 35.5. The number of rotatable bonds is 4. The zero-order valence-electron chi connectivity index (χ0n) is 13.2. The van der Waals surface area contributed by atoms with E-state index in [-0.39, 0.29) is 16.1 Å². The van der Waals surface area contributed by atoms with E-state index in [0.29, 0.717) is 6.54 Å². The van der Waals surface area contributed by atoms with Crippen LogP contribution < -0.4 is 15.8 Å². The minimum Gasteiger partial charge on any atom is -0.361 e. The van der Waals surface area contributed by atoms with Gasteiger partial charge >= 0.3 is 0 Å². The Morgan fingerprint density at radius 3 is 2.81 bits per heavy atom. The predicted molar refractivity (Wildman–Crippen MR) is 86.4 cm³/mol. The van der Waals surface area contributed by atoms with E-state index in [9.17, 15) is 4.79 Å². The highest BCUT2D eigenvalue weighted by Gasteiger charge is 2.32. The molecule has 118 valence electrons. The van der Waals surface area contributed by atoms with Crippen molar-refractivity contribution >= 4 is 17.3 Å². The molecule has 0 aromatic carbocycles. The van der Waals surface area contributed by atoms with E-state index in [1.807, 2.05) is 19.0 Å². The normalized spacial score (nSPS) is 18.3. The molecule has 6 nitrogen and oxygen atoms in total. The van der Waals surface area contributed by atoms with Crippen LogP contribution in [0.5, 0.6) is 0 Å². The standard InChI is InChI=1S/C14H24ClN5O/c1-14(2)10-16-5-6-19(14)11-9-17-20(8-7-18(3)4)13(21)12(11)15/h9,16H,5-8,10H2,1-4H3. The van der Waals surface area contributed by atoms with E-state index < -0.39 is 0 Å². The monoisotopic (exact) mass is 313 g/mol. The molecule has 1 N–H and O–H groups in total. The van der Waals surface area contributed by atoms with Crippen LogP contribution in [0.2, 0.25) is 5.02 Å². The molecule has 1 fully saturated rings. The van der Waals surface area contributed by atoms with Crippen molar-refractivity contribution in [2.75, 3.05) is 45.2 Å². The van der Waals surface area contributed by atoms with Crippen LogP contribution in [0.1, 0.15) is 13.8 Å². The molecule has 0 bridgehead atoms. The lowest BCUT2D eigenvalue weighted by Crippen LogP contribution is -2.58. The van der Waals surface area contributed by atoms with Crippen LogP contribution in [-0.4, -0.2) is 60.5 Å². The first-order valence-corrected chi connectivity index (χ1v) is 7.59. The first-order valence-electron chi connectivity index (χ1n) is 7.21. The van der Waals surface area contributed by atoms with E-state index in [2.05, 4.69) is 29.2 Å². The lowest BCUT2D eigenvalue weighted by Gasteiger charge is -2.44. The van der Waals surface area contributed by atoms with Crippen LogP contribution in [0.15, 0.2) is 11.0 Å². The Bertz CT molecular complexity index is 555. The van der Waals surface area contributed by atoms with Gasteiger partial charge in [0, 0.05) is 31.7 Å². The van der Waals surface area contributed by atoms with E-state index in [4.69, 9.17) is 11.6 Å². The summed E-state index contributed by atoms with van der Waals surface area (Å²) in [4.78, 5) is 16.5. The van der Waals surface area contributed by atoms with Gasteiger partial charge in [-0.25, -0.2) is 4.68 Å². The fourth-order valence-corrected chi connectivity index (χ4v) is 2.78. The number of aromatic nitrogens is 2. The molecule has 21 heavy (non-hydrogen) atoms. The lowest BCUT2D eigenvalue weighted by molar-refractivity contribution is 0.365. The first-order chi connectivity index (χ1) is 9.83. The average molecular weight is 314 g/mol. The van der Waals surface area contributed by atoms with Crippen LogP contribution in [0.4, 0.5) is 5.69 Å². The topological polar surface area (TPSA) is 53.4 Å². The smallest absolute Gasteiger partial charge is 0.287 e. The van der Waals surface area contributed by atoms with Crippen molar-refractivity contribution in [1.29, 1.82) is 0 Å². The summed E-state index contributed by atoms with van der Waals surface area (Å²) in [5, 5.41) is 7.90. The van der Waals surface area contributed by atoms with Crippen LogP contribution in [0, 0.1) is 0 Å². The summed E-state index contributed by atoms with van der Waals surface area (Å²) in [6, 6.07) is 0. The maximum absolute atomic E-state index is 12.4. The molecule has 0 atom stereocenters. The van der Waals surface area contributed by atoms with Gasteiger partial charge in [-0.05, 0) is 27.9 Å². The number of nitrogens with zero attached hydrogens (tertiary/aromatic N) is 4. The molecule has 0 aliphatic carbocycles. The second kappa shape index (κ2) is 6.34. The molecule has 1 saturated heterocycles. The third-order valence-electron chi connectivity index (χ3n) is 3.82. The Hall–Kier alpha value is -1.11. The molecule has 1 aliphatic rings. The number of nitrogens with one attached hydrogen (secondary N) is 1. The molecule has 0 unspecified atom stereocenters. The van der Waals surface area contributed by atoms with Crippen molar-refractivity contribution in [2.45, 2.75) is 25.9 Å². The SMILES string of the molecule is CN(C)CCn1ncc(N2CCNCC2(C)C)c(Cl)c1=O. The Kier molecular flexibility index (Phi) is 4.91. The Morgan fingerprint density at radius 1 is 1.48 bits per heavy atom. The number of likely N-dealkylation sites (N-methyl/N-ethyl adjacent to an activating group) is 1. The minimum absolute atomic E-state index is 0.0914. The molecule has 0 spiro atoms. The zero-order chi connectivity index (χ0) is 15.6. The third kappa shape index (κ3) is 3.56. The quantitative estimate of drug-likeness (QED) is 0.884. The largest absolute Gasteiger partial charge is 0.361 e. The highest BCUT2D eigenvalue weighted by molar-refractivity contribution is 6.33. The molecule has 0 radical (unpaired) electrons. The van der Waals surface area contributed by atoms with Gasteiger partial charge in [0.1, 0.15) is 5.02 Å². The molecular formula is C14H24ClN5O.